The molecule has 0 unspecified atom stereocenters. The van der Waals surface area contributed by atoms with E-state index in [1.165, 1.54) is 35.4 Å². The van der Waals surface area contributed by atoms with Crippen molar-refractivity contribution in [1.29, 1.82) is 0 Å². The maximum Gasteiger partial charge on any atom is 0.250 e. The molecule has 0 radical (unpaired) electrons. The highest BCUT2D eigenvalue weighted by Crippen LogP contribution is 2.21. The van der Waals surface area contributed by atoms with E-state index in [2.05, 4.69) is 33.9 Å². The van der Waals surface area contributed by atoms with E-state index >= 15 is 0 Å². The van der Waals surface area contributed by atoms with Crippen LogP contribution >= 0.6 is 11.3 Å². The highest BCUT2D eigenvalue weighted by molar-refractivity contribution is 7.91. The molecule has 1 saturated heterocycles. The van der Waals surface area contributed by atoms with E-state index in [9.17, 15) is 8.42 Å². The average molecular weight is 351 g/mol. The van der Waals surface area contributed by atoms with E-state index in [0.29, 0.717) is 10.8 Å². The summed E-state index contributed by atoms with van der Waals surface area (Å²) in [7, 11) is -3.33. The van der Waals surface area contributed by atoms with Crippen molar-refractivity contribution in [3.63, 3.8) is 0 Å². The van der Waals surface area contributed by atoms with Crippen molar-refractivity contribution < 1.29 is 8.42 Å². The molecule has 6 heteroatoms. The predicted octanol–water partition coefficient (Wildman–Crippen LogP) is 3.26. The Balaban J connectivity index is 1.45. The first-order valence-electron chi connectivity index (χ1n) is 8.02. The Labute approximate surface area is 142 Å². The minimum Gasteiger partial charge on any atom is -0.372 e. The molecule has 0 saturated carbocycles. The highest BCUT2D eigenvalue weighted by Gasteiger charge is 2.14. The number of aryl methyl sites for hydroxylation is 1. The van der Waals surface area contributed by atoms with Crippen molar-refractivity contribution in [2.75, 3.05) is 24.5 Å². The Morgan fingerprint density at radius 2 is 1.83 bits per heavy atom. The monoisotopic (exact) mass is 350 g/mol. The second-order valence-electron chi connectivity index (χ2n) is 5.79. The molecule has 4 nitrogen and oxygen atoms in total. The lowest BCUT2D eigenvalue weighted by molar-refractivity contribution is 0.581. The van der Waals surface area contributed by atoms with Crippen LogP contribution in [0.25, 0.3) is 0 Å². The fraction of sp³-hybridized carbons (Fsp3) is 0.412. The topological polar surface area (TPSA) is 49.4 Å². The molecule has 0 amide bonds. The number of sulfonamides is 1. The van der Waals surface area contributed by atoms with Gasteiger partial charge in [0.25, 0.3) is 0 Å². The summed E-state index contributed by atoms with van der Waals surface area (Å²) in [5.41, 5.74) is 2.55. The molecule has 0 aliphatic carbocycles. The largest absolute Gasteiger partial charge is 0.372 e. The maximum absolute atomic E-state index is 12.0. The van der Waals surface area contributed by atoms with Gasteiger partial charge >= 0.3 is 0 Å². The van der Waals surface area contributed by atoms with Gasteiger partial charge in [0.1, 0.15) is 4.21 Å². The molecule has 0 spiro atoms. The van der Waals surface area contributed by atoms with Crippen LogP contribution in [0, 0.1) is 0 Å². The number of anilines is 1. The summed E-state index contributed by atoms with van der Waals surface area (Å²) < 4.78 is 27.0. The fourth-order valence-electron chi connectivity index (χ4n) is 2.84. The van der Waals surface area contributed by atoms with Crippen LogP contribution in [-0.2, 0) is 16.4 Å². The van der Waals surface area contributed by atoms with Crippen molar-refractivity contribution >= 4 is 27.0 Å². The summed E-state index contributed by atoms with van der Waals surface area (Å²) in [5, 5.41) is 1.77. The van der Waals surface area contributed by atoms with Gasteiger partial charge in [-0.15, -0.1) is 11.3 Å². The standard InChI is InChI=1S/C17H22N2O2S2/c20-23(21,17-6-4-14-22-17)18-11-3-5-15-7-9-16(10-8-15)19-12-1-2-13-19/h4,6-10,14,18H,1-3,5,11-13H2. The normalized spacial score (nSPS) is 15.2. The van der Waals surface area contributed by atoms with Crippen LogP contribution in [0.5, 0.6) is 0 Å². The molecule has 23 heavy (non-hydrogen) atoms. The van der Waals surface area contributed by atoms with Crippen LogP contribution in [0.2, 0.25) is 0 Å². The third-order valence-electron chi connectivity index (χ3n) is 4.10. The van der Waals surface area contributed by atoms with Crippen LogP contribution in [0.4, 0.5) is 5.69 Å². The fourth-order valence-corrected chi connectivity index (χ4v) is 4.95. The molecule has 3 rings (SSSR count). The Hall–Kier alpha value is -1.37. The van der Waals surface area contributed by atoms with Crippen LogP contribution in [0.3, 0.4) is 0 Å². The van der Waals surface area contributed by atoms with Crippen LogP contribution in [0.15, 0.2) is 46.0 Å². The Morgan fingerprint density at radius 1 is 1.09 bits per heavy atom. The van der Waals surface area contributed by atoms with Gasteiger partial charge in [-0.05, 0) is 54.8 Å². The number of hydrogen-bond acceptors (Lipinski definition) is 4. The summed E-state index contributed by atoms with van der Waals surface area (Å²) in [6.07, 6.45) is 4.25. The smallest absolute Gasteiger partial charge is 0.250 e. The van der Waals surface area contributed by atoms with Gasteiger partial charge in [-0.3, -0.25) is 0 Å². The number of nitrogens with one attached hydrogen (secondary N) is 1. The molecule has 1 aliphatic rings. The molecule has 0 bridgehead atoms. The van der Waals surface area contributed by atoms with Gasteiger partial charge in [-0.25, -0.2) is 13.1 Å². The first-order valence-corrected chi connectivity index (χ1v) is 10.4. The minimum absolute atomic E-state index is 0.382. The van der Waals surface area contributed by atoms with E-state index < -0.39 is 10.0 Å². The lowest BCUT2D eigenvalue weighted by atomic mass is 10.1. The summed E-state index contributed by atoms with van der Waals surface area (Å²) >= 11 is 1.24. The molecule has 1 N–H and O–H groups in total. The van der Waals surface area contributed by atoms with Gasteiger partial charge in [0.05, 0.1) is 0 Å². The Kier molecular flexibility index (Phi) is 5.35. The summed E-state index contributed by atoms with van der Waals surface area (Å²) in [4.78, 5) is 2.42. The summed E-state index contributed by atoms with van der Waals surface area (Å²) in [6, 6.07) is 12.0. The summed E-state index contributed by atoms with van der Waals surface area (Å²) in [6.45, 7) is 2.78. The third kappa shape index (κ3) is 4.34. The van der Waals surface area contributed by atoms with E-state index in [4.69, 9.17) is 0 Å². The van der Waals surface area contributed by atoms with Gasteiger partial charge < -0.3 is 4.90 Å². The molecule has 1 fully saturated rings. The van der Waals surface area contributed by atoms with Crippen molar-refractivity contribution in [2.24, 2.45) is 0 Å². The van der Waals surface area contributed by atoms with Gasteiger partial charge in [0, 0.05) is 25.3 Å². The average Bonchev–Trinajstić information content (AvgIpc) is 3.25. The predicted molar refractivity (Wildman–Crippen MR) is 95.7 cm³/mol. The Bertz CT molecular complexity index is 704. The lowest BCUT2D eigenvalue weighted by Crippen LogP contribution is -2.24. The van der Waals surface area contributed by atoms with E-state index in [1.807, 2.05) is 0 Å². The second-order valence-corrected chi connectivity index (χ2v) is 8.74. The second kappa shape index (κ2) is 7.47. The van der Waals surface area contributed by atoms with Crippen molar-refractivity contribution in [1.82, 2.24) is 4.72 Å². The van der Waals surface area contributed by atoms with Gasteiger partial charge in [0.2, 0.25) is 10.0 Å². The minimum atomic E-state index is -3.33. The molecule has 124 valence electrons. The zero-order valence-corrected chi connectivity index (χ0v) is 14.7. The highest BCUT2D eigenvalue weighted by atomic mass is 32.2. The number of rotatable bonds is 7. The number of benzene rings is 1. The van der Waals surface area contributed by atoms with E-state index in [0.717, 1.165) is 25.9 Å². The molecule has 1 aromatic heterocycles. The lowest BCUT2D eigenvalue weighted by Gasteiger charge is -2.17. The van der Waals surface area contributed by atoms with Crippen LogP contribution < -0.4 is 9.62 Å². The van der Waals surface area contributed by atoms with Crippen LogP contribution in [0.1, 0.15) is 24.8 Å². The SMILES string of the molecule is O=S(=O)(NCCCc1ccc(N2CCCC2)cc1)c1cccs1. The maximum atomic E-state index is 12.0. The van der Waals surface area contributed by atoms with E-state index in [-0.39, 0.29) is 0 Å². The molecular weight excluding hydrogens is 328 g/mol. The number of nitrogens with zero attached hydrogens (tertiary/aromatic N) is 1. The van der Waals surface area contributed by atoms with Crippen molar-refractivity contribution in [3.8, 4) is 0 Å². The molecule has 2 aromatic rings. The molecule has 1 aromatic carbocycles. The van der Waals surface area contributed by atoms with Crippen LogP contribution in [-0.4, -0.2) is 28.1 Å². The van der Waals surface area contributed by atoms with Gasteiger partial charge in [-0.1, -0.05) is 18.2 Å². The summed E-state index contributed by atoms with van der Waals surface area (Å²) in [5.74, 6) is 0. The van der Waals surface area contributed by atoms with Gasteiger partial charge in [-0.2, -0.15) is 0 Å². The van der Waals surface area contributed by atoms with Gasteiger partial charge in [0.15, 0.2) is 0 Å². The molecular formula is C17H22N2O2S2. The first-order chi connectivity index (χ1) is 11.1. The molecule has 2 heterocycles. The zero-order valence-electron chi connectivity index (χ0n) is 13.1. The number of thiophene rings is 1. The molecule has 1 aliphatic heterocycles. The first kappa shape index (κ1) is 16.5. The van der Waals surface area contributed by atoms with Crippen molar-refractivity contribution in [3.05, 3.63) is 47.3 Å². The third-order valence-corrected chi connectivity index (χ3v) is 6.96. The number of hydrogen-bond donors (Lipinski definition) is 1. The van der Waals surface area contributed by atoms with E-state index in [1.54, 1.807) is 17.5 Å². The molecule has 0 atom stereocenters. The zero-order chi connectivity index (χ0) is 16.1. The quantitative estimate of drug-likeness (QED) is 0.780. The van der Waals surface area contributed by atoms with Crippen molar-refractivity contribution in [2.45, 2.75) is 29.9 Å². The Morgan fingerprint density at radius 3 is 2.48 bits per heavy atom.